The summed E-state index contributed by atoms with van der Waals surface area (Å²) >= 11 is 2.02. The monoisotopic (exact) mass is 346 g/mol. The lowest BCUT2D eigenvalue weighted by Gasteiger charge is -2.31. The number of rotatable bonds is 4. The van der Waals surface area contributed by atoms with E-state index in [-0.39, 0.29) is 10.6 Å². The smallest absolute Gasteiger partial charge is 0.282 e. The van der Waals surface area contributed by atoms with Crippen molar-refractivity contribution in [3.63, 3.8) is 0 Å². The lowest BCUT2D eigenvalue weighted by atomic mass is 9.85. The lowest BCUT2D eigenvalue weighted by molar-refractivity contribution is -0.385. The molecule has 0 aliphatic heterocycles. The predicted octanol–water partition coefficient (Wildman–Crippen LogP) is 3.44. The van der Waals surface area contributed by atoms with Gasteiger partial charge in [0.15, 0.2) is 0 Å². The SMILES string of the molecule is CN(CC1CCC1)c1ccc([N+](=O)[O-])c(I)c1. The first-order chi connectivity index (χ1) is 8.08. The predicted molar refractivity (Wildman–Crippen MR) is 76.4 cm³/mol. The summed E-state index contributed by atoms with van der Waals surface area (Å²) in [5.41, 5.74) is 1.25. The van der Waals surface area contributed by atoms with E-state index in [0.29, 0.717) is 3.57 Å². The van der Waals surface area contributed by atoms with Crippen molar-refractivity contribution in [2.45, 2.75) is 19.3 Å². The molecule has 0 heterocycles. The number of nitro benzene ring substituents is 1. The number of hydrogen-bond donors (Lipinski definition) is 0. The van der Waals surface area contributed by atoms with E-state index in [1.54, 1.807) is 6.07 Å². The van der Waals surface area contributed by atoms with Gasteiger partial charge in [0.05, 0.1) is 8.49 Å². The summed E-state index contributed by atoms with van der Waals surface area (Å²) in [5, 5.41) is 10.7. The molecule has 0 bridgehead atoms. The third kappa shape index (κ3) is 2.88. The molecule has 0 unspecified atom stereocenters. The number of hydrogen-bond acceptors (Lipinski definition) is 3. The zero-order chi connectivity index (χ0) is 12.4. The molecule has 4 nitrogen and oxygen atoms in total. The number of nitrogens with zero attached hydrogens (tertiary/aromatic N) is 2. The Hall–Kier alpha value is -0.850. The first-order valence-electron chi connectivity index (χ1n) is 5.73. The van der Waals surface area contributed by atoms with Crippen LogP contribution in [-0.4, -0.2) is 18.5 Å². The van der Waals surface area contributed by atoms with Gasteiger partial charge in [0.2, 0.25) is 0 Å². The van der Waals surface area contributed by atoms with Gasteiger partial charge < -0.3 is 4.90 Å². The van der Waals surface area contributed by atoms with Crippen LogP contribution in [-0.2, 0) is 0 Å². The Kier molecular flexibility index (Phi) is 3.86. The fraction of sp³-hybridized carbons (Fsp3) is 0.500. The number of halogens is 1. The zero-order valence-corrected chi connectivity index (χ0v) is 11.9. The Bertz CT molecular complexity index is 433. The highest BCUT2D eigenvalue weighted by atomic mass is 127. The molecule has 0 spiro atoms. The van der Waals surface area contributed by atoms with E-state index in [4.69, 9.17) is 0 Å². The van der Waals surface area contributed by atoms with Crippen LogP contribution in [0.5, 0.6) is 0 Å². The summed E-state index contributed by atoms with van der Waals surface area (Å²) < 4.78 is 0.700. The third-order valence-electron chi connectivity index (χ3n) is 3.33. The molecule has 92 valence electrons. The molecule has 1 aromatic carbocycles. The molecule has 1 fully saturated rings. The molecule has 0 atom stereocenters. The minimum absolute atomic E-state index is 0.186. The molecule has 17 heavy (non-hydrogen) atoms. The molecule has 0 radical (unpaired) electrons. The lowest BCUT2D eigenvalue weighted by Crippen LogP contribution is -2.29. The Morgan fingerprint density at radius 1 is 1.53 bits per heavy atom. The van der Waals surface area contributed by atoms with Gasteiger partial charge in [-0.3, -0.25) is 10.1 Å². The van der Waals surface area contributed by atoms with Gasteiger partial charge in [-0.2, -0.15) is 0 Å². The van der Waals surface area contributed by atoms with Crippen LogP contribution in [0.3, 0.4) is 0 Å². The van der Waals surface area contributed by atoms with Gasteiger partial charge in [0.1, 0.15) is 0 Å². The van der Waals surface area contributed by atoms with Crippen LogP contribution in [0.25, 0.3) is 0 Å². The Morgan fingerprint density at radius 2 is 2.24 bits per heavy atom. The molecule has 0 aromatic heterocycles. The molecular weight excluding hydrogens is 331 g/mol. The van der Waals surface area contributed by atoms with Crippen LogP contribution in [0.2, 0.25) is 0 Å². The Balaban J connectivity index is 2.10. The summed E-state index contributed by atoms with van der Waals surface area (Å²) in [6, 6.07) is 5.31. The van der Waals surface area contributed by atoms with Crippen molar-refractivity contribution < 1.29 is 4.92 Å². The van der Waals surface area contributed by atoms with E-state index in [9.17, 15) is 10.1 Å². The average Bonchev–Trinajstić information content (AvgIpc) is 2.22. The summed E-state index contributed by atoms with van der Waals surface area (Å²) in [6.07, 6.45) is 3.97. The molecule has 1 aliphatic carbocycles. The van der Waals surface area contributed by atoms with Gasteiger partial charge in [-0.25, -0.2) is 0 Å². The third-order valence-corrected chi connectivity index (χ3v) is 4.19. The van der Waals surface area contributed by atoms with Gasteiger partial charge in [0, 0.05) is 25.3 Å². The fourth-order valence-corrected chi connectivity index (χ4v) is 2.75. The summed E-state index contributed by atoms with van der Waals surface area (Å²) in [5.74, 6) is 0.799. The van der Waals surface area contributed by atoms with Gasteiger partial charge >= 0.3 is 0 Å². The molecule has 1 aliphatic rings. The maximum Gasteiger partial charge on any atom is 0.282 e. The minimum atomic E-state index is -0.336. The van der Waals surface area contributed by atoms with Crippen molar-refractivity contribution in [3.05, 3.63) is 31.9 Å². The maximum absolute atomic E-state index is 10.7. The second-order valence-electron chi connectivity index (χ2n) is 4.57. The van der Waals surface area contributed by atoms with Crippen LogP contribution in [0.4, 0.5) is 11.4 Å². The van der Waals surface area contributed by atoms with Gasteiger partial charge in [-0.05, 0) is 53.5 Å². The van der Waals surface area contributed by atoms with E-state index in [1.165, 1.54) is 19.3 Å². The van der Waals surface area contributed by atoms with Crippen LogP contribution < -0.4 is 4.90 Å². The van der Waals surface area contributed by atoms with E-state index in [2.05, 4.69) is 11.9 Å². The van der Waals surface area contributed by atoms with Crippen LogP contribution in [0.1, 0.15) is 19.3 Å². The molecular formula is C12H15IN2O2. The quantitative estimate of drug-likeness (QED) is 0.477. The van der Waals surface area contributed by atoms with Gasteiger partial charge in [0.25, 0.3) is 5.69 Å². The van der Waals surface area contributed by atoms with Crippen molar-refractivity contribution in [1.29, 1.82) is 0 Å². The molecule has 2 rings (SSSR count). The number of benzene rings is 1. The van der Waals surface area contributed by atoms with E-state index in [0.717, 1.165) is 18.2 Å². The Labute approximate surface area is 114 Å². The second-order valence-corrected chi connectivity index (χ2v) is 5.73. The molecule has 0 saturated heterocycles. The van der Waals surface area contributed by atoms with Crippen molar-refractivity contribution >= 4 is 34.0 Å². The molecule has 5 heteroatoms. The topological polar surface area (TPSA) is 46.4 Å². The van der Waals surface area contributed by atoms with Crippen LogP contribution in [0.15, 0.2) is 18.2 Å². The van der Waals surface area contributed by atoms with E-state index < -0.39 is 0 Å². The fourth-order valence-electron chi connectivity index (χ4n) is 2.05. The van der Waals surface area contributed by atoms with Crippen molar-refractivity contribution in [1.82, 2.24) is 0 Å². The highest BCUT2D eigenvalue weighted by molar-refractivity contribution is 14.1. The summed E-state index contributed by atoms with van der Waals surface area (Å²) in [4.78, 5) is 12.6. The molecule has 0 N–H and O–H groups in total. The number of nitro groups is 1. The normalized spacial score (nSPS) is 15.4. The second kappa shape index (κ2) is 5.20. The Morgan fingerprint density at radius 3 is 2.71 bits per heavy atom. The van der Waals surface area contributed by atoms with E-state index >= 15 is 0 Å². The van der Waals surface area contributed by atoms with Crippen molar-refractivity contribution in [3.8, 4) is 0 Å². The highest BCUT2D eigenvalue weighted by Gasteiger charge is 2.20. The molecule has 1 aromatic rings. The van der Waals surface area contributed by atoms with Crippen molar-refractivity contribution in [2.75, 3.05) is 18.5 Å². The van der Waals surface area contributed by atoms with Crippen molar-refractivity contribution in [2.24, 2.45) is 5.92 Å². The molecule has 0 amide bonds. The van der Waals surface area contributed by atoms with E-state index in [1.807, 2.05) is 34.7 Å². The summed E-state index contributed by atoms with van der Waals surface area (Å²) in [6.45, 7) is 1.05. The van der Waals surface area contributed by atoms with Gasteiger partial charge in [-0.15, -0.1) is 0 Å². The summed E-state index contributed by atoms with van der Waals surface area (Å²) in [7, 11) is 2.05. The van der Waals surface area contributed by atoms with Gasteiger partial charge in [-0.1, -0.05) is 6.42 Å². The first-order valence-corrected chi connectivity index (χ1v) is 6.81. The average molecular weight is 346 g/mol. The zero-order valence-electron chi connectivity index (χ0n) is 9.73. The first kappa shape index (κ1) is 12.6. The molecule has 1 saturated carbocycles. The largest absolute Gasteiger partial charge is 0.374 e. The van der Waals surface area contributed by atoms with Crippen LogP contribution >= 0.6 is 22.6 Å². The minimum Gasteiger partial charge on any atom is -0.374 e. The highest BCUT2D eigenvalue weighted by Crippen LogP contribution is 2.30. The number of anilines is 1. The standard InChI is InChI=1S/C12H15IN2O2/c1-14(8-9-3-2-4-9)10-5-6-12(15(16)17)11(13)7-10/h5-7,9H,2-4,8H2,1H3. The maximum atomic E-state index is 10.7. The van der Waals surface area contributed by atoms with Crippen LogP contribution in [0, 0.1) is 19.6 Å².